The fraction of sp³-hybridized carbons (Fsp3) is 0.429. The van der Waals surface area contributed by atoms with Crippen LogP contribution in [0, 0.1) is 0 Å². The zero-order valence-corrected chi connectivity index (χ0v) is 12.0. The Kier molecular flexibility index (Phi) is 5.99. The third-order valence-corrected chi connectivity index (χ3v) is 2.90. The van der Waals surface area contributed by atoms with Crippen LogP contribution in [0.4, 0.5) is 4.79 Å². The van der Waals surface area contributed by atoms with Gasteiger partial charge in [-0.3, -0.25) is 10.1 Å². The number of para-hydroxylation sites is 1. The van der Waals surface area contributed by atoms with Crippen molar-refractivity contribution in [2.24, 2.45) is 5.73 Å². The van der Waals surface area contributed by atoms with Crippen LogP contribution < -0.4 is 21.1 Å². The molecule has 0 fully saturated rings. The number of carbonyl (C=O) groups is 2. The summed E-state index contributed by atoms with van der Waals surface area (Å²) in [6.07, 6.45) is -0.0309. The van der Waals surface area contributed by atoms with Gasteiger partial charge in [0.1, 0.15) is 5.75 Å². The Morgan fingerprint density at radius 3 is 2.60 bits per heavy atom. The Morgan fingerprint density at radius 1 is 1.35 bits per heavy atom. The standard InChI is InChI=1S/C14H21N3O3/c1-4-11(15)10-7-5-6-8-12(10)20-9(2)13(18)17-14(19)16-3/h5-9,11H,4,15H2,1-3H3,(H2,16,17,18,19)/t9?,11-/m1/s1. The highest BCUT2D eigenvalue weighted by atomic mass is 16.5. The van der Waals surface area contributed by atoms with Crippen LogP contribution >= 0.6 is 0 Å². The molecule has 0 aromatic heterocycles. The lowest BCUT2D eigenvalue weighted by atomic mass is 10.0. The molecule has 20 heavy (non-hydrogen) atoms. The first-order valence-corrected chi connectivity index (χ1v) is 6.53. The molecule has 0 aliphatic heterocycles. The van der Waals surface area contributed by atoms with E-state index in [0.29, 0.717) is 5.75 Å². The van der Waals surface area contributed by atoms with Gasteiger partial charge in [0.25, 0.3) is 5.91 Å². The van der Waals surface area contributed by atoms with Crippen LogP contribution in [0.25, 0.3) is 0 Å². The van der Waals surface area contributed by atoms with E-state index < -0.39 is 18.0 Å². The van der Waals surface area contributed by atoms with Gasteiger partial charge >= 0.3 is 6.03 Å². The van der Waals surface area contributed by atoms with Crippen LogP contribution in [0.1, 0.15) is 31.9 Å². The number of urea groups is 1. The van der Waals surface area contributed by atoms with Crippen LogP contribution in [0.2, 0.25) is 0 Å². The third-order valence-electron chi connectivity index (χ3n) is 2.90. The predicted octanol–water partition coefficient (Wildman–Crippen LogP) is 1.32. The van der Waals surface area contributed by atoms with Gasteiger partial charge in [-0.25, -0.2) is 4.79 Å². The molecule has 6 nitrogen and oxygen atoms in total. The number of hydrogen-bond acceptors (Lipinski definition) is 4. The topological polar surface area (TPSA) is 93.4 Å². The third kappa shape index (κ3) is 4.24. The van der Waals surface area contributed by atoms with E-state index in [4.69, 9.17) is 10.5 Å². The number of hydrogen-bond donors (Lipinski definition) is 3. The number of imide groups is 1. The number of amides is 3. The Morgan fingerprint density at radius 2 is 2.00 bits per heavy atom. The summed E-state index contributed by atoms with van der Waals surface area (Å²) in [4.78, 5) is 22.8. The minimum absolute atomic E-state index is 0.152. The molecule has 1 aromatic carbocycles. The molecule has 6 heteroatoms. The van der Waals surface area contributed by atoms with Crippen molar-refractivity contribution in [3.05, 3.63) is 29.8 Å². The molecule has 1 unspecified atom stereocenters. The first-order chi connectivity index (χ1) is 9.49. The summed E-state index contributed by atoms with van der Waals surface area (Å²) in [5, 5.41) is 4.47. The number of rotatable bonds is 5. The van der Waals surface area contributed by atoms with Crippen LogP contribution in [0.15, 0.2) is 24.3 Å². The van der Waals surface area contributed by atoms with Crippen LogP contribution in [0.3, 0.4) is 0 Å². The van der Waals surface area contributed by atoms with E-state index in [1.54, 1.807) is 13.0 Å². The van der Waals surface area contributed by atoms with E-state index in [9.17, 15) is 9.59 Å². The Hall–Kier alpha value is -2.08. The Balaban J connectivity index is 2.77. The largest absolute Gasteiger partial charge is 0.481 e. The average molecular weight is 279 g/mol. The average Bonchev–Trinajstić information content (AvgIpc) is 2.46. The lowest BCUT2D eigenvalue weighted by Crippen LogP contribution is -2.44. The van der Waals surface area contributed by atoms with Crippen molar-refractivity contribution >= 4 is 11.9 Å². The van der Waals surface area contributed by atoms with E-state index in [0.717, 1.165) is 12.0 Å². The summed E-state index contributed by atoms with van der Waals surface area (Å²) in [6.45, 7) is 3.55. The minimum atomic E-state index is -0.794. The maximum absolute atomic E-state index is 11.7. The van der Waals surface area contributed by atoms with Gasteiger partial charge in [-0.2, -0.15) is 0 Å². The molecule has 3 amide bonds. The van der Waals surface area contributed by atoms with Gasteiger partial charge in [-0.1, -0.05) is 25.1 Å². The second-order valence-electron chi connectivity index (χ2n) is 4.38. The summed E-state index contributed by atoms with van der Waals surface area (Å²) in [7, 11) is 1.43. The van der Waals surface area contributed by atoms with Gasteiger partial charge in [-0.05, 0) is 19.4 Å². The fourth-order valence-corrected chi connectivity index (χ4v) is 1.63. The van der Waals surface area contributed by atoms with E-state index in [-0.39, 0.29) is 6.04 Å². The quantitative estimate of drug-likeness (QED) is 0.757. The monoisotopic (exact) mass is 279 g/mol. The van der Waals surface area contributed by atoms with Gasteiger partial charge in [-0.15, -0.1) is 0 Å². The minimum Gasteiger partial charge on any atom is -0.481 e. The maximum Gasteiger partial charge on any atom is 0.321 e. The van der Waals surface area contributed by atoms with Gasteiger partial charge < -0.3 is 15.8 Å². The summed E-state index contributed by atoms with van der Waals surface area (Å²) in [6, 6.07) is 6.59. The number of ether oxygens (including phenoxy) is 1. The first-order valence-electron chi connectivity index (χ1n) is 6.53. The molecular weight excluding hydrogens is 258 g/mol. The highest BCUT2D eigenvalue weighted by Crippen LogP contribution is 2.26. The van der Waals surface area contributed by atoms with Crippen molar-refractivity contribution in [1.29, 1.82) is 0 Å². The van der Waals surface area contributed by atoms with Gasteiger partial charge in [0.15, 0.2) is 6.10 Å². The number of carbonyl (C=O) groups excluding carboxylic acids is 2. The number of nitrogens with one attached hydrogen (secondary N) is 2. The molecule has 2 atom stereocenters. The van der Waals surface area contributed by atoms with Crippen molar-refractivity contribution < 1.29 is 14.3 Å². The highest BCUT2D eigenvalue weighted by Gasteiger charge is 2.19. The van der Waals surface area contributed by atoms with Crippen LogP contribution in [-0.2, 0) is 4.79 Å². The lowest BCUT2D eigenvalue weighted by molar-refractivity contribution is -0.126. The molecule has 0 aliphatic rings. The second kappa shape index (κ2) is 7.49. The number of nitrogens with two attached hydrogens (primary N) is 1. The maximum atomic E-state index is 11.7. The Labute approximate surface area is 118 Å². The molecule has 1 rings (SSSR count). The van der Waals surface area contributed by atoms with Crippen molar-refractivity contribution in [3.63, 3.8) is 0 Å². The SMILES string of the molecule is CC[C@@H](N)c1ccccc1OC(C)C(=O)NC(=O)NC. The molecule has 0 spiro atoms. The van der Waals surface area contributed by atoms with Gasteiger partial charge in [0, 0.05) is 18.7 Å². The van der Waals surface area contributed by atoms with Crippen molar-refractivity contribution in [3.8, 4) is 5.75 Å². The molecule has 0 bridgehead atoms. The second-order valence-corrected chi connectivity index (χ2v) is 4.38. The zero-order chi connectivity index (χ0) is 15.1. The number of benzene rings is 1. The van der Waals surface area contributed by atoms with Crippen molar-refractivity contribution in [1.82, 2.24) is 10.6 Å². The first kappa shape index (κ1) is 16.0. The molecule has 0 saturated heterocycles. The van der Waals surface area contributed by atoms with E-state index in [1.165, 1.54) is 7.05 Å². The predicted molar refractivity (Wildman–Crippen MR) is 76.3 cm³/mol. The van der Waals surface area contributed by atoms with Gasteiger partial charge in [0.2, 0.25) is 0 Å². The summed E-state index contributed by atoms with van der Waals surface area (Å²) >= 11 is 0. The van der Waals surface area contributed by atoms with Crippen molar-refractivity contribution in [2.75, 3.05) is 7.05 Å². The molecule has 0 heterocycles. The normalized spacial score (nSPS) is 13.2. The fourth-order valence-electron chi connectivity index (χ4n) is 1.63. The van der Waals surface area contributed by atoms with Crippen LogP contribution in [0.5, 0.6) is 5.75 Å². The summed E-state index contributed by atoms with van der Waals surface area (Å²) in [5.41, 5.74) is 6.85. The summed E-state index contributed by atoms with van der Waals surface area (Å²) < 4.78 is 5.60. The van der Waals surface area contributed by atoms with Crippen molar-refractivity contribution in [2.45, 2.75) is 32.4 Å². The Bertz CT molecular complexity index is 476. The summed E-state index contributed by atoms with van der Waals surface area (Å²) in [5.74, 6) is 0.0469. The molecule has 110 valence electrons. The molecule has 1 aromatic rings. The zero-order valence-electron chi connectivity index (χ0n) is 12.0. The van der Waals surface area contributed by atoms with E-state index >= 15 is 0 Å². The molecule has 4 N–H and O–H groups in total. The van der Waals surface area contributed by atoms with E-state index in [1.807, 2.05) is 25.1 Å². The van der Waals surface area contributed by atoms with Crippen LogP contribution in [-0.4, -0.2) is 25.1 Å². The molecular formula is C14H21N3O3. The smallest absolute Gasteiger partial charge is 0.321 e. The highest BCUT2D eigenvalue weighted by molar-refractivity contribution is 5.96. The lowest BCUT2D eigenvalue weighted by Gasteiger charge is -2.19. The van der Waals surface area contributed by atoms with Gasteiger partial charge in [0.05, 0.1) is 0 Å². The van der Waals surface area contributed by atoms with E-state index in [2.05, 4.69) is 10.6 Å². The molecule has 0 radical (unpaired) electrons. The molecule has 0 aliphatic carbocycles. The molecule has 0 saturated carbocycles.